The van der Waals surface area contributed by atoms with Crippen molar-refractivity contribution in [3.8, 4) is 0 Å². The fourth-order valence-corrected chi connectivity index (χ4v) is 5.58. The molecule has 2 unspecified atom stereocenters. The van der Waals surface area contributed by atoms with Gasteiger partial charge in [-0.25, -0.2) is 0 Å². The summed E-state index contributed by atoms with van der Waals surface area (Å²) in [5.74, 6) is 2.63. The molecule has 0 aromatic carbocycles. The molecule has 0 aromatic rings. The van der Waals surface area contributed by atoms with E-state index in [0.29, 0.717) is 17.9 Å². The molecule has 2 atom stereocenters. The Balaban J connectivity index is 1.47. The van der Waals surface area contributed by atoms with Crippen LogP contribution in [0, 0.1) is 17.8 Å². The molecule has 3 aliphatic rings. The highest BCUT2D eigenvalue weighted by Crippen LogP contribution is 2.36. The quantitative estimate of drug-likeness (QED) is 0.631. The van der Waals surface area contributed by atoms with Gasteiger partial charge in [-0.2, -0.15) is 0 Å². The molecule has 1 amide bonds. The molecule has 3 rings (SSSR count). The Morgan fingerprint density at radius 2 is 1.04 bits per heavy atom. The van der Waals surface area contributed by atoms with Crippen LogP contribution in [0.1, 0.15) is 109 Å². The molecular weight excluding hydrogens is 294 g/mol. The lowest BCUT2D eigenvalue weighted by atomic mass is 9.77. The Morgan fingerprint density at radius 1 is 0.542 bits per heavy atom. The van der Waals surface area contributed by atoms with Crippen LogP contribution in [0.25, 0.3) is 0 Å². The monoisotopic (exact) mass is 333 g/mol. The summed E-state index contributed by atoms with van der Waals surface area (Å²) < 4.78 is 0. The number of carbonyl (C=O) groups is 1. The second-order valence-electron chi connectivity index (χ2n) is 8.91. The Labute approximate surface area is 149 Å². The van der Waals surface area contributed by atoms with Crippen LogP contribution in [0.3, 0.4) is 0 Å². The minimum atomic E-state index is 0.321. The fraction of sp³-hybridized carbons (Fsp3) is 0.955. The van der Waals surface area contributed by atoms with Gasteiger partial charge in [0.15, 0.2) is 0 Å². The molecule has 2 nitrogen and oxygen atoms in total. The largest absolute Gasteiger partial charge is 0.353 e. The summed E-state index contributed by atoms with van der Waals surface area (Å²) in [6.07, 6.45) is 22.9. The molecular formula is C22H39NO. The molecule has 2 heteroatoms. The lowest BCUT2D eigenvalue weighted by Crippen LogP contribution is -2.40. The van der Waals surface area contributed by atoms with E-state index in [1.54, 1.807) is 0 Å². The first-order valence-corrected chi connectivity index (χ1v) is 11.1. The third-order valence-corrected chi connectivity index (χ3v) is 7.15. The van der Waals surface area contributed by atoms with Crippen LogP contribution in [0.15, 0.2) is 0 Å². The molecule has 0 bridgehead atoms. The van der Waals surface area contributed by atoms with Crippen molar-refractivity contribution in [1.82, 2.24) is 5.32 Å². The van der Waals surface area contributed by atoms with E-state index in [2.05, 4.69) is 5.32 Å². The average molecular weight is 334 g/mol. The predicted octanol–water partition coefficient (Wildman–Crippen LogP) is 5.99. The SMILES string of the molecule is O=C(NC1CCCCC(C2CCCCCC2)CC1)C1CCCCC1. The van der Waals surface area contributed by atoms with Crippen LogP contribution in [-0.2, 0) is 4.79 Å². The molecule has 0 saturated heterocycles. The van der Waals surface area contributed by atoms with Crippen molar-refractivity contribution in [2.75, 3.05) is 0 Å². The summed E-state index contributed by atoms with van der Waals surface area (Å²) in [6, 6.07) is 0.466. The van der Waals surface area contributed by atoms with Gasteiger partial charge in [0.25, 0.3) is 0 Å². The number of nitrogens with one attached hydrogen (secondary N) is 1. The summed E-state index contributed by atoms with van der Waals surface area (Å²) in [5, 5.41) is 3.45. The van der Waals surface area contributed by atoms with E-state index < -0.39 is 0 Å². The van der Waals surface area contributed by atoms with Crippen molar-refractivity contribution in [3.05, 3.63) is 0 Å². The van der Waals surface area contributed by atoms with Crippen molar-refractivity contribution < 1.29 is 4.79 Å². The lowest BCUT2D eigenvalue weighted by Gasteiger charge is -2.32. The van der Waals surface area contributed by atoms with Gasteiger partial charge in [-0.3, -0.25) is 4.79 Å². The molecule has 138 valence electrons. The van der Waals surface area contributed by atoms with Crippen molar-refractivity contribution in [3.63, 3.8) is 0 Å². The molecule has 3 aliphatic carbocycles. The Hall–Kier alpha value is -0.530. The summed E-state index contributed by atoms with van der Waals surface area (Å²) in [4.78, 5) is 12.6. The summed E-state index contributed by atoms with van der Waals surface area (Å²) in [6.45, 7) is 0. The first-order valence-electron chi connectivity index (χ1n) is 11.1. The zero-order valence-corrected chi connectivity index (χ0v) is 15.7. The van der Waals surface area contributed by atoms with Gasteiger partial charge in [0.1, 0.15) is 0 Å². The first kappa shape index (κ1) is 18.3. The van der Waals surface area contributed by atoms with E-state index in [4.69, 9.17) is 0 Å². The summed E-state index contributed by atoms with van der Waals surface area (Å²) in [5.41, 5.74) is 0. The highest BCUT2D eigenvalue weighted by atomic mass is 16.1. The average Bonchev–Trinajstić information content (AvgIpc) is 2.87. The zero-order valence-electron chi connectivity index (χ0n) is 15.7. The van der Waals surface area contributed by atoms with Gasteiger partial charge in [0.05, 0.1) is 0 Å². The van der Waals surface area contributed by atoms with Crippen LogP contribution < -0.4 is 5.32 Å². The number of hydrogen-bond acceptors (Lipinski definition) is 1. The Kier molecular flexibility index (Phi) is 7.48. The van der Waals surface area contributed by atoms with Gasteiger partial charge < -0.3 is 5.32 Å². The summed E-state index contributed by atoms with van der Waals surface area (Å²) >= 11 is 0. The van der Waals surface area contributed by atoms with E-state index in [1.807, 2.05) is 0 Å². The smallest absolute Gasteiger partial charge is 0.223 e. The molecule has 3 saturated carbocycles. The maximum absolute atomic E-state index is 12.6. The van der Waals surface area contributed by atoms with Gasteiger partial charge in [-0.15, -0.1) is 0 Å². The second kappa shape index (κ2) is 9.82. The number of hydrogen-bond donors (Lipinski definition) is 1. The highest BCUT2D eigenvalue weighted by molar-refractivity contribution is 5.79. The molecule has 3 fully saturated rings. The number of amides is 1. The van der Waals surface area contributed by atoms with Crippen LogP contribution in [-0.4, -0.2) is 11.9 Å². The Bertz CT molecular complexity index is 366. The van der Waals surface area contributed by atoms with Gasteiger partial charge in [-0.1, -0.05) is 77.0 Å². The van der Waals surface area contributed by atoms with Crippen molar-refractivity contribution in [2.45, 2.75) is 115 Å². The third kappa shape index (κ3) is 5.49. The molecule has 24 heavy (non-hydrogen) atoms. The van der Waals surface area contributed by atoms with E-state index in [-0.39, 0.29) is 0 Å². The normalized spacial score (nSPS) is 31.7. The summed E-state index contributed by atoms with van der Waals surface area (Å²) in [7, 11) is 0. The zero-order chi connectivity index (χ0) is 16.6. The standard InChI is InChI=1S/C22H39NO/c24-22(20-13-6-3-7-14-20)23-21-15-9-8-12-19(16-17-21)18-10-4-1-2-5-11-18/h18-21H,1-17H2,(H,23,24). The van der Waals surface area contributed by atoms with E-state index >= 15 is 0 Å². The predicted molar refractivity (Wildman–Crippen MR) is 101 cm³/mol. The van der Waals surface area contributed by atoms with Crippen molar-refractivity contribution in [2.24, 2.45) is 17.8 Å². The molecule has 0 aliphatic heterocycles. The first-order chi connectivity index (χ1) is 11.8. The fourth-order valence-electron chi connectivity index (χ4n) is 5.58. The highest BCUT2D eigenvalue weighted by Gasteiger charge is 2.27. The number of carbonyl (C=O) groups excluding carboxylic acids is 1. The second-order valence-corrected chi connectivity index (χ2v) is 8.91. The minimum absolute atomic E-state index is 0.321. The van der Waals surface area contributed by atoms with E-state index in [1.165, 1.54) is 96.3 Å². The molecule has 0 aromatic heterocycles. The van der Waals surface area contributed by atoms with E-state index in [9.17, 15) is 4.79 Å². The van der Waals surface area contributed by atoms with Gasteiger partial charge in [0.2, 0.25) is 5.91 Å². The molecule has 0 heterocycles. The minimum Gasteiger partial charge on any atom is -0.353 e. The topological polar surface area (TPSA) is 29.1 Å². The molecule has 0 radical (unpaired) electrons. The van der Waals surface area contributed by atoms with Gasteiger partial charge in [-0.05, 0) is 43.9 Å². The molecule has 1 N–H and O–H groups in total. The van der Waals surface area contributed by atoms with Gasteiger partial charge in [0, 0.05) is 12.0 Å². The molecule has 0 spiro atoms. The van der Waals surface area contributed by atoms with Gasteiger partial charge >= 0.3 is 0 Å². The van der Waals surface area contributed by atoms with Crippen LogP contribution in [0.2, 0.25) is 0 Å². The van der Waals surface area contributed by atoms with E-state index in [0.717, 1.165) is 24.7 Å². The number of rotatable bonds is 3. The maximum atomic E-state index is 12.6. The van der Waals surface area contributed by atoms with Crippen LogP contribution in [0.4, 0.5) is 0 Å². The van der Waals surface area contributed by atoms with Crippen molar-refractivity contribution in [1.29, 1.82) is 0 Å². The van der Waals surface area contributed by atoms with Crippen LogP contribution in [0.5, 0.6) is 0 Å². The third-order valence-electron chi connectivity index (χ3n) is 7.15. The van der Waals surface area contributed by atoms with Crippen LogP contribution >= 0.6 is 0 Å². The maximum Gasteiger partial charge on any atom is 0.223 e. The lowest BCUT2D eigenvalue weighted by molar-refractivity contribution is -0.126. The van der Waals surface area contributed by atoms with Crippen molar-refractivity contribution >= 4 is 5.91 Å². The Morgan fingerprint density at radius 3 is 1.75 bits per heavy atom.